The summed E-state index contributed by atoms with van der Waals surface area (Å²) in [6.07, 6.45) is -4.40. The fraction of sp³-hybridized carbons (Fsp3) is 0.250. The first kappa shape index (κ1) is 12.5. The molecule has 0 aliphatic heterocycles. The summed E-state index contributed by atoms with van der Waals surface area (Å²) in [5, 5.41) is 2.67. The van der Waals surface area contributed by atoms with Gasteiger partial charge in [0.05, 0.1) is 0 Å². The lowest BCUT2D eigenvalue weighted by Gasteiger charge is -2.08. The number of aromatic nitrogens is 1. The number of aryl methyl sites for hydroxylation is 1. The molecule has 0 unspecified atom stereocenters. The van der Waals surface area contributed by atoms with Crippen molar-refractivity contribution in [1.82, 2.24) is 9.88 Å². The molecule has 18 heavy (non-hydrogen) atoms. The Morgan fingerprint density at radius 2 is 2.00 bits per heavy atom. The monoisotopic (exact) mass is 256 g/mol. The van der Waals surface area contributed by atoms with Gasteiger partial charge in [-0.05, 0) is 12.1 Å². The second kappa shape index (κ2) is 4.36. The van der Waals surface area contributed by atoms with Crippen molar-refractivity contribution in [3.05, 3.63) is 36.0 Å². The highest BCUT2D eigenvalue weighted by Crippen LogP contribution is 2.18. The fourth-order valence-electron chi connectivity index (χ4n) is 1.78. The van der Waals surface area contributed by atoms with Gasteiger partial charge in [0.15, 0.2) is 0 Å². The van der Waals surface area contributed by atoms with Crippen LogP contribution in [0.1, 0.15) is 10.5 Å². The summed E-state index contributed by atoms with van der Waals surface area (Å²) in [5.74, 6) is -0.731. The molecule has 96 valence electrons. The number of nitrogens with zero attached hydrogens (tertiary/aromatic N) is 1. The number of hydrogen-bond donors (Lipinski definition) is 1. The molecule has 0 spiro atoms. The normalized spacial score (nSPS) is 11.8. The number of para-hydroxylation sites is 1. The summed E-state index contributed by atoms with van der Waals surface area (Å²) in [5.41, 5.74) is 1.01. The molecule has 0 fully saturated rings. The molecule has 1 aromatic carbocycles. The van der Waals surface area contributed by atoms with Gasteiger partial charge in [0, 0.05) is 18.0 Å². The second-order valence-electron chi connectivity index (χ2n) is 3.95. The molecule has 0 aliphatic carbocycles. The SMILES string of the molecule is Cn1c(C(=O)NCC(F)(F)F)cc2ccccc21. The molecule has 0 bridgehead atoms. The molecule has 2 aromatic rings. The van der Waals surface area contributed by atoms with Crippen LogP contribution in [0.3, 0.4) is 0 Å². The Labute approximate surface area is 101 Å². The molecule has 6 heteroatoms. The number of alkyl halides is 3. The Morgan fingerprint density at radius 1 is 1.33 bits per heavy atom. The predicted molar refractivity (Wildman–Crippen MR) is 61.3 cm³/mol. The van der Waals surface area contributed by atoms with Crippen LogP contribution < -0.4 is 5.32 Å². The van der Waals surface area contributed by atoms with E-state index in [1.54, 1.807) is 41.9 Å². The molecular formula is C12H11F3N2O. The molecule has 1 heterocycles. The Bertz CT molecular complexity index is 587. The summed E-state index contributed by atoms with van der Waals surface area (Å²) >= 11 is 0. The third kappa shape index (κ3) is 2.47. The van der Waals surface area contributed by atoms with Crippen LogP contribution in [0.15, 0.2) is 30.3 Å². The molecule has 1 N–H and O–H groups in total. The van der Waals surface area contributed by atoms with Crippen LogP contribution in [0.4, 0.5) is 13.2 Å². The molecular weight excluding hydrogens is 245 g/mol. The van der Waals surface area contributed by atoms with Gasteiger partial charge in [0.2, 0.25) is 0 Å². The molecule has 0 radical (unpaired) electrons. The zero-order valence-corrected chi connectivity index (χ0v) is 9.58. The number of benzene rings is 1. The van der Waals surface area contributed by atoms with Crippen LogP contribution in [0.2, 0.25) is 0 Å². The molecule has 0 aliphatic rings. The first-order valence-corrected chi connectivity index (χ1v) is 5.28. The number of hydrogen-bond acceptors (Lipinski definition) is 1. The maximum Gasteiger partial charge on any atom is 0.405 e. The molecule has 3 nitrogen and oxygen atoms in total. The number of carbonyl (C=O) groups is 1. The van der Waals surface area contributed by atoms with Crippen LogP contribution >= 0.6 is 0 Å². The Hall–Kier alpha value is -1.98. The third-order valence-corrected chi connectivity index (χ3v) is 2.63. The van der Waals surface area contributed by atoms with Gasteiger partial charge in [0.1, 0.15) is 12.2 Å². The van der Waals surface area contributed by atoms with Crippen molar-refractivity contribution in [2.75, 3.05) is 6.54 Å². The highest BCUT2D eigenvalue weighted by atomic mass is 19.4. The van der Waals surface area contributed by atoms with Crippen molar-refractivity contribution in [2.24, 2.45) is 7.05 Å². The lowest BCUT2D eigenvalue weighted by Crippen LogP contribution is -2.34. The number of nitrogens with one attached hydrogen (secondary N) is 1. The smallest absolute Gasteiger partial charge is 0.342 e. The van der Waals surface area contributed by atoms with E-state index in [0.29, 0.717) is 0 Å². The first-order chi connectivity index (χ1) is 8.38. The minimum absolute atomic E-state index is 0.209. The van der Waals surface area contributed by atoms with E-state index in [2.05, 4.69) is 0 Å². The third-order valence-electron chi connectivity index (χ3n) is 2.63. The van der Waals surface area contributed by atoms with Gasteiger partial charge >= 0.3 is 6.18 Å². The van der Waals surface area contributed by atoms with Gasteiger partial charge in [0.25, 0.3) is 5.91 Å². The van der Waals surface area contributed by atoms with E-state index in [0.717, 1.165) is 10.9 Å². The van der Waals surface area contributed by atoms with Gasteiger partial charge < -0.3 is 9.88 Å². The Morgan fingerprint density at radius 3 is 2.61 bits per heavy atom. The van der Waals surface area contributed by atoms with E-state index in [9.17, 15) is 18.0 Å². The lowest BCUT2D eigenvalue weighted by atomic mass is 10.2. The molecule has 0 saturated heterocycles. The van der Waals surface area contributed by atoms with E-state index in [1.807, 2.05) is 5.32 Å². The summed E-state index contributed by atoms with van der Waals surface area (Å²) in [7, 11) is 1.64. The number of carbonyl (C=O) groups excluding carboxylic acids is 1. The van der Waals surface area contributed by atoms with E-state index in [4.69, 9.17) is 0 Å². The van der Waals surface area contributed by atoms with Crippen molar-refractivity contribution < 1.29 is 18.0 Å². The molecule has 2 rings (SSSR count). The fourth-order valence-corrected chi connectivity index (χ4v) is 1.78. The maximum absolute atomic E-state index is 12.0. The van der Waals surface area contributed by atoms with Crippen molar-refractivity contribution in [3.8, 4) is 0 Å². The molecule has 1 amide bonds. The number of amides is 1. The van der Waals surface area contributed by atoms with Crippen molar-refractivity contribution in [1.29, 1.82) is 0 Å². The van der Waals surface area contributed by atoms with Gasteiger partial charge in [-0.1, -0.05) is 18.2 Å². The van der Waals surface area contributed by atoms with Gasteiger partial charge in [-0.15, -0.1) is 0 Å². The summed E-state index contributed by atoms with van der Waals surface area (Å²) < 4.78 is 37.6. The second-order valence-corrected chi connectivity index (χ2v) is 3.95. The van der Waals surface area contributed by atoms with Crippen molar-refractivity contribution in [2.45, 2.75) is 6.18 Å². The van der Waals surface area contributed by atoms with E-state index in [1.165, 1.54) is 0 Å². The Kier molecular flexibility index (Phi) is 3.02. The predicted octanol–water partition coefficient (Wildman–Crippen LogP) is 2.47. The van der Waals surface area contributed by atoms with E-state index in [-0.39, 0.29) is 5.69 Å². The molecule has 1 aromatic heterocycles. The summed E-state index contributed by atoms with van der Waals surface area (Å²) in [6, 6.07) is 8.78. The zero-order chi connectivity index (χ0) is 13.3. The average molecular weight is 256 g/mol. The van der Waals surface area contributed by atoms with Gasteiger partial charge in [-0.3, -0.25) is 4.79 Å². The molecule has 0 atom stereocenters. The minimum atomic E-state index is -4.40. The maximum atomic E-state index is 12.0. The standard InChI is InChI=1S/C12H11F3N2O/c1-17-9-5-3-2-4-8(9)6-10(17)11(18)16-7-12(13,14)15/h2-6H,7H2,1H3,(H,16,18). The van der Waals surface area contributed by atoms with Gasteiger partial charge in [-0.2, -0.15) is 13.2 Å². The quantitative estimate of drug-likeness (QED) is 0.880. The van der Waals surface area contributed by atoms with Gasteiger partial charge in [-0.25, -0.2) is 0 Å². The largest absolute Gasteiger partial charge is 0.405 e. The van der Waals surface area contributed by atoms with Crippen LogP contribution in [0, 0.1) is 0 Å². The van der Waals surface area contributed by atoms with Crippen molar-refractivity contribution >= 4 is 16.8 Å². The highest BCUT2D eigenvalue weighted by Gasteiger charge is 2.28. The van der Waals surface area contributed by atoms with Crippen LogP contribution in [-0.2, 0) is 7.05 Å². The van der Waals surface area contributed by atoms with Crippen LogP contribution in [-0.4, -0.2) is 23.2 Å². The first-order valence-electron chi connectivity index (χ1n) is 5.28. The number of rotatable bonds is 2. The number of fused-ring (bicyclic) bond motifs is 1. The molecule has 0 saturated carbocycles. The van der Waals surface area contributed by atoms with E-state index < -0.39 is 18.6 Å². The van der Waals surface area contributed by atoms with E-state index >= 15 is 0 Å². The summed E-state index contributed by atoms with van der Waals surface area (Å²) in [6.45, 7) is -1.33. The topological polar surface area (TPSA) is 34.0 Å². The minimum Gasteiger partial charge on any atom is -0.342 e. The highest BCUT2D eigenvalue weighted by molar-refractivity contribution is 5.98. The van der Waals surface area contributed by atoms with Crippen LogP contribution in [0.5, 0.6) is 0 Å². The van der Waals surface area contributed by atoms with Crippen molar-refractivity contribution in [3.63, 3.8) is 0 Å². The number of halogens is 3. The summed E-state index contributed by atoms with van der Waals surface area (Å²) in [4.78, 5) is 11.6. The average Bonchev–Trinajstić information content (AvgIpc) is 2.64. The lowest BCUT2D eigenvalue weighted by molar-refractivity contribution is -0.123. The Balaban J connectivity index is 2.26. The van der Waals surface area contributed by atoms with Crippen LogP contribution in [0.25, 0.3) is 10.9 Å². The zero-order valence-electron chi connectivity index (χ0n) is 9.58.